The lowest BCUT2D eigenvalue weighted by molar-refractivity contribution is 0.102. The Balaban J connectivity index is 2.14. The highest BCUT2D eigenvalue weighted by Gasteiger charge is 2.13. The summed E-state index contributed by atoms with van der Waals surface area (Å²) >= 11 is 6.07. The molecule has 1 amide bonds. The van der Waals surface area contributed by atoms with E-state index in [0.717, 1.165) is 24.2 Å². The fourth-order valence-electron chi connectivity index (χ4n) is 2.02. The Labute approximate surface area is 141 Å². The highest BCUT2D eigenvalue weighted by molar-refractivity contribution is 6.31. The number of carbonyl (C=O) groups excluding carboxylic acids is 1. The van der Waals surface area contributed by atoms with Gasteiger partial charge in [0.2, 0.25) is 0 Å². The molecule has 0 aliphatic heterocycles. The molecule has 23 heavy (non-hydrogen) atoms. The summed E-state index contributed by atoms with van der Waals surface area (Å²) < 4.78 is 5.25. The predicted octanol–water partition coefficient (Wildman–Crippen LogP) is 4.13. The van der Waals surface area contributed by atoms with E-state index in [1.54, 1.807) is 24.4 Å². The topological polar surface area (TPSA) is 63.2 Å². The fraction of sp³-hybridized carbons (Fsp3) is 0.294. The van der Waals surface area contributed by atoms with Gasteiger partial charge in [-0.3, -0.25) is 4.79 Å². The summed E-state index contributed by atoms with van der Waals surface area (Å²) in [7, 11) is 1.53. The Kier molecular flexibility index (Phi) is 5.82. The highest BCUT2D eigenvalue weighted by Crippen LogP contribution is 2.31. The normalized spacial score (nSPS) is 10.3. The smallest absolute Gasteiger partial charge is 0.274 e. The van der Waals surface area contributed by atoms with E-state index in [1.165, 1.54) is 7.11 Å². The van der Waals surface area contributed by atoms with Crippen LogP contribution in [0.15, 0.2) is 30.5 Å². The number of rotatable bonds is 6. The highest BCUT2D eigenvalue weighted by atomic mass is 35.5. The minimum Gasteiger partial charge on any atom is -0.495 e. The van der Waals surface area contributed by atoms with Crippen molar-refractivity contribution in [2.75, 3.05) is 24.3 Å². The third-order valence-electron chi connectivity index (χ3n) is 3.30. The lowest BCUT2D eigenvalue weighted by Gasteiger charge is -2.12. The van der Waals surface area contributed by atoms with Gasteiger partial charge in [-0.1, -0.05) is 18.5 Å². The molecule has 0 atom stereocenters. The van der Waals surface area contributed by atoms with Crippen LogP contribution in [0, 0.1) is 6.92 Å². The Bertz CT molecular complexity index is 687. The first-order valence-electron chi connectivity index (χ1n) is 7.40. The number of carbonyl (C=O) groups is 1. The molecule has 0 saturated heterocycles. The van der Waals surface area contributed by atoms with E-state index in [0.29, 0.717) is 22.2 Å². The number of pyridine rings is 1. The van der Waals surface area contributed by atoms with Crippen LogP contribution < -0.4 is 15.4 Å². The van der Waals surface area contributed by atoms with Gasteiger partial charge in [-0.05, 0) is 37.1 Å². The average molecular weight is 334 g/mol. The molecule has 1 heterocycles. The van der Waals surface area contributed by atoms with Crippen molar-refractivity contribution in [1.29, 1.82) is 0 Å². The van der Waals surface area contributed by atoms with Gasteiger partial charge in [0.05, 0.1) is 24.7 Å². The van der Waals surface area contributed by atoms with Crippen molar-refractivity contribution >= 4 is 28.9 Å². The lowest BCUT2D eigenvalue weighted by atomic mass is 10.2. The zero-order chi connectivity index (χ0) is 16.8. The number of amides is 1. The second-order valence-electron chi connectivity index (χ2n) is 5.11. The van der Waals surface area contributed by atoms with E-state index >= 15 is 0 Å². The number of aryl methyl sites for hydroxylation is 1. The average Bonchev–Trinajstić information content (AvgIpc) is 2.56. The maximum atomic E-state index is 12.3. The molecule has 2 rings (SSSR count). The van der Waals surface area contributed by atoms with Crippen LogP contribution in [-0.2, 0) is 0 Å². The number of hydrogen-bond donors (Lipinski definition) is 2. The van der Waals surface area contributed by atoms with E-state index < -0.39 is 0 Å². The van der Waals surface area contributed by atoms with Crippen LogP contribution in [0.1, 0.15) is 29.4 Å². The summed E-state index contributed by atoms with van der Waals surface area (Å²) in [6.45, 7) is 4.82. The number of hydrogen-bond acceptors (Lipinski definition) is 4. The molecule has 0 aliphatic carbocycles. The molecule has 6 heteroatoms. The molecule has 0 aliphatic rings. The maximum absolute atomic E-state index is 12.3. The van der Waals surface area contributed by atoms with Crippen LogP contribution in [0.3, 0.4) is 0 Å². The lowest BCUT2D eigenvalue weighted by Crippen LogP contribution is -2.14. The Morgan fingerprint density at radius 3 is 2.74 bits per heavy atom. The SMILES string of the molecule is CCCNc1ccc(C(=O)Nc2cc(C)c(Cl)cc2OC)nc1. The van der Waals surface area contributed by atoms with E-state index in [4.69, 9.17) is 16.3 Å². The van der Waals surface area contributed by atoms with Gasteiger partial charge >= 0.3 is 0 Å². The number of ether oxygens (including phenoxy) is 1. The summed E-state index contributed by atoms with van der Waals surface area (Å²) in [6, 6.07) is 6.97. The second-order valence-corrected chi connectivity index (χ2v) is 5.52. The van der Waals surface area contributed by atoms with Crippen LogP contribution in [0.25, 0.3) is 0 Å². The largest absolute Gasteiger partial charge is 0.495 e. The summed E-state index contributed by atoms with van der Waals surface area (Å²) in [6.07, 6.45) is 2.67. The molecule has 0 fully saturated rings. The number of nitrogens with zero attached hydrogens (tertiary/aromatic N) is 1. The third-order valence-corrected chi connectivity index (χ3v) is 3.71. The monoisotopic (exact) mass is 333 g/mol. The maximum Gasteiger partial charge on any atom is 0.274 e. The molecule has 2 aromatic rings. The van der Waals surface area contributed by atoms with Crippen molar-refractivity contribution < 1.29 is 9.53 Å². The Morgan fingerprint density at radius 2 is 2.13 bits per heavy atom. The number of aromatic nitrogens is 1. The molecule has 1 aromatic heterocycles. The summed E-state index contributed by atoms with van der Waals surface area (Å²) in [5, 5.41) is 6.60. The first kappa shape index (κ1) is 17.1. The summed E-state index contributed by atoms with van der Waals surface area (Å²) in [5.41, 5.74) is 2.65. The Morgan fingerprint density at radius 1 is 1.35 bits per heavy atom. The fourth-order valence-corrected chi connectivity index (χ4v) is 2.17. The van der Waals surface area contributed by atoms with Crippen molar-refractivity contribution in [2.24, 2.45) is 0 Å². The number of anilines is 2. The van der Waals surface area contributed by atoms with Gasteiger partial charge < -0.3 is 15.4 Å². The zero-order valence-electron chi connectivity index (χ0n) is 13.4. The minimum atomic E-state index is -0.299. The molecule has 1 aromatic carbocycles. The van der Waals surface area contributed by atoms with Crippen LogP contribution >= 0.6 is 11.6 Å². The van der Waals surface area contributed by atoms with Gasteiger partial charge in [0, 0.05) is 17.6 Å². The molecule has 2 N–H and O–H groups in total. The molecule has 0 saturated carbocycles. The molecular weight excluding hydrogens is 314 g/mol. The Hall–Kier alpha value is -2.27. The van der Waals surface area contributed by atoms with Crippen molar-refractivity contribution in [1.82, 2.24) is 4.98 Å². The van der Waals surface area contributed by atoms with Crippen LogP contribution in [0.4, 0.5) is 11.4 Å². The van der Waals surface area contributed by atoms with Crippen LogP contribution in [-0.4, -0.2) is 24.5 Å². The van der Waals surface area contributed by atoms with Crippen LogP contribution in [0.2, 0.25) is 5.02 Å². The van der Waals surface area contributed by atoms with Crippen molar-refractivity contribution in [3.63, 3.8) is 0 Å². The molecule has 122 valence electrons. The quantitative estimate of drug-likeness (QED) is 0.834. The second kappa shape index (κ2) is 7.83. The number of halogens is 1. The van der Waals surface area contributed by atoms with E-state index in [1.807, 2.05) is 13.0 Å². The van der Waals surface area contributed by atoms with E-state index in [-0.39, 0.29) is 5.91 Å². The number of benzene rings is 1. The van der Waals surface area contributed by atoms with Gasteiger partial charge in [0.25, 0.3) is 5.91 Å². The van der Waals surface area contributed by atoms with Crippen molar-refractivity contribution in [3.8, 4) is 5.75 Å². The molecule has 0 spiro atoms. The molecule has 0 radical (unpaired) electrons. The third kappa shape index (κ3) is 4.36. The van der Waals surface area contributed by atoms with E-state index in [9.17, 15) is 4.79 Å². The minimum absolute atomic E-state index is 0.299. The molecule has 0 bridgehead atoms. The molecular formula is C17H20ClN3O2. The van der Waals surface area contributed by atoms with Gasteiger partial charge in [-0.15, -0.1) is 0 Å². The number of methoxy groups -OCH3 is 1. The first-order valence-corrected chi connectivity index (χ1v) is 7.78. The first-order chi connectivity index (χ1) is 11.0. The predicted molar refractivity (Wildman–Crippen MR) is 93.7 cm³/mol. The van der Waals surface area contributed by atoms with Gasteiger partial charge in [0.15, 0.2) is 0 Å². The van der Waals surface area contributed by atoms with Crippen molar-refractivity contribution in [2.45, 2.75) is 20.3 Å². The zero-order valence-corrected chi connectivity index (χ0v) is 14.2. The number of nitrogens with one attached hydrogen (secondary N) is 2. The van der Waals surface area contributed by atoms with Crippen LogP contribution in [0.5, 0.6) is 5.75 Å². The summed E-state index contributed by atoms with van der Waals surface area (Å²) in [5.74, 6) is 0.210. The van der Waals surface area contributed by atoms with Gasteiger partial charge in [0.1, 0.15) is 11.4 Å². The standard InChI is InChI=1S/C17H20ClN3O2/c1-4-7-19-12-5-6-14(20-10-12)17(22)21-15-8-11(2)13(18)9-16(15)23-3/h5-6,8-10,19H,4,7H2,1-3H3,(H,21,22). The van der Waals surface area contributed by atoms with E-state index in [2.05, 4.69) is 22.5 Å². The van der Waals surface area contributed by atoms with Gasteiger partial charge in [-0.2, -0.15) is 0 Å². The molecule has 0 unspecified atom stereocenters. The van der Waals surface area contributed by atoms with Gasteiger partial charge in [-0.25, -0.2) is 4.98 Å². The van der Waals surface area contributed by atoms with Crippen molar-refractivity contribution in [3.05, 3.63) is 46.7 Å². The molecule has 5 nitrogen and oxygen atoms in total. The summed E-state index contributed by atoms with van der Waals surface area (Å²) in [4.78, 5) is 16.5.